The van der Waals surface area contributed by atoms with Crippen LogP contribution in [0.3, 0.4) is 0 Å². The highest BCUT2D eigenvalue weighted by Gasteiger charge is 2.31. The lowest BCUT2D eigenvalue weighted by Crippen LogP contribution is -2.50. The molecular weight excluding hydrogens is 336 g/mol. The van der Waals surface area contributed by atoms with E-state index in [1.54, 1.807) is 11.0 Å². The summed E-state index contributed by atoms with van der Waals surface area (Å²) in [6.45, 7) is 5.36. The van der Waals surface area contributed by atoms with Crippen LogP contribution in [-0.2, 0) is 14.6 Å². The molecular formula is C16H23ClN2O3S. The van der Waals surface area contributed by atoms with Crippen LogP contribution in [0.5, 0.6) is 0 Å². The van der Waals surface area contributed by atoms with E-state index in [-0.39, 0.29) is 23.6 Å². The number of hydrogen-bond donors (Lipinski definition) is 1. The van der Waals surface area contributed by atoms with E-state index in [1.807, 2.05) is 32.0 Å². The molecule has 0 aliphatic carbocycles. The topological polar surface area (TPSA) is 66.5 Å². The third-order valence-electron chi connectivity index (χ3n) is 3.76. The number of rotatable bonds is 5. The summed E-state index contributed by atoms with van der Waals surface area (Å²) in [5.41, 5.74) is 0.843. The molecule has 1 aromatic rings. The number of nitrogens with one attached hydrogen (secondary N) is 1. The zero-order valence-electron chi connectivity index (χ0n) is 13.5. The number of piperazine rings is 1. The van der Waals surface area contributed by atoms with Crippen molar-refractivity contribution in [3.8, 4) is 0 Å². The van der Waals surface area contributed by atoms with Gasteiger partial charge in [0.25, 0.3) is 0 Å². The fourth-order valence-corrected chi connectivity index (χ4v) is 4.80. The summed E-state index contributed by atoms with van der Waals surface area (Å²) in [4.78, 5) is 14.2. The Bertz CT molecular complexity index is 661. The molecule has 1 amide bonds. The van der Waals surface area contributed by atoms with Crippen LogP contribution in [0.15, 0.2) is 24.3 Å². The third kappa shape index (κ3) is 4.93. The van der Waals surface area contributed by atoms with Crippen molar-refractivity contribution in [3.05, 3.63) is 34.9 Å². The molecule has 0 bridgehead atoms. The second-order valence-electron chi connectivity index (χ2n) is 6.28. The number of halogens is 1. The summed E-state index contributed by atoms with van der Waals surface area (Å²) in [6.07, 6.45) is 0. The molecule has 0 spiro atoms. The van der Waals surface area contributed by atoms with Crippen molar-refractivity contribution in [2.45, 2.75) is 19.9 Å². The first kappa shape index (κ1) is 18.2. The van der Waals surface area contributed by atoms with Crippen LogP contribution in [0.2, 0.25) is 5.02 Å². The number of sulfone groups is 1. The van der Waals surface area contributed by atoms with E-state index in [1.165, 1.54) is 0 Å². The summed E-state index contributed by atoms with van der Waals surface area (Å²) >= 11 is 6.25. The highest BCUT2D eigenvalue weighted by atomic mass is 35.5. The van der Waals surface area contributed by atoms with Gasteiger partial charge in [-0.1, -0.05) is 43.6 Å². The molecule has 23 heavy (non-hydrogen) atoms. The van der Waals surface area contributed by atoms with Crippen molar-refractivity contribution >= 4 is 27.3 Å². The minimum absolute atomic E-state index is 0.00943. The van der Waals surface area contributed by atoms with Gasteiger partial charge in [0, 0.05) is 24.7 Å². The molecule has 1 saturated heterocycles. The van der Waals surface area contributed by atoms with E-state index in [9.17, 15) is 13.2 Å². The lowest BCUT2D eigenvalue weighted by molar-refractivity contribution is -0.131. The Morgan fingerprint density at radius 3 is 2.74 bits per heavy atom. The number of hydrogen-bond acceptors (Lipinski definition) is 4. The molecule has 0 aromatic heterocycles. The van der Waals surface area contributed by atoms with Gasteiger partial charge < -0.3 is 10.2 Å². The SMILES string of the molecule is CC(C)CS(=O)(=O)CC(=O)N1CCNCC1c1ccccc1Cl. The predicted molar refractivity (Wildman–Crippen MR) is 92.3 cm³/mol. The van der Waals surface area contributed by atoms with Gasteiger partial charge in [-0.15, -0.1) is 0 Å². The maximum absolute atomic E-state index is 12.6. The first-order valence-corrected chi connectivity index (χ1v) is 9.95. The lowest BCUT2D eigenvalue weighted by atomic mass is 10.0. The zero-order valence-corrected chi connectivity index (χ0v) is 15.0. The van der Waals surface area contributed by atoms with Crippen LogP contribution in [0.25, 0.3) is 0 Å². The van der Waals surface area contributed by atoms with E-state index in [2.05, 4.69) is 5.32 Å². The van der Waals surface area contributed by atoms with Crippen molar-refractivity contribution in [1.82, 2.24) is 10.2 Å². The van der Waals surface area contributed by atoms with Crippen LogP contribution in [-0.4, -0.2) is 50.4 Å². The van der Waals surface area contributed by atoms with Crippen LogP contribution in [0, 0.1) is 5.92 Å². The van der Waals surface area contributed by atoms with Crippen molar-refractivity contribution in [2.75, 3.05) is 31.1 Å². The van der Waals surface area contributed by atoms with E-state index in [0.717, 1.165) is 5.56 Å². The molecule has 0 saturated carbocycles. The Hall–Kier alpha value is -1.11. The average Bonchev–Trinajstić information content (AvgIpc) is 2.46. The fraction of sp³-hybridized carbons (Fsp3) is 0.562. The van der Waals surface area contributed by atoms with Crippen LogP contribution < -0.4 is 5.32 Å². The van der Waals surface area contributed by atoms with Gasteiger partial charge in [-0.25, -0.2) is 8.42 Å². The molecule has 128 valence electrons. The predicted octanol–water partition coefficient (Wildman–Crippen LogP) is 1.88. The number of nitrogens with zero attached hydrogens (tertiary/aromatic N) is 1. The summed E-state index contributed by atoms with van der Waals surface area (Å²) < 4.78 is 24.2. The Balaban J connectivity index is 2.18. The largest absolute Gasteiger partial charge is 0.332 e. The molecule has 1 aromatic carbocycles. The number of carbonyl (C=O) groups is 1. The maximum Gasteiger partial charge on any atom is 0.238 e. The molecule has 2 rings (SSSR count). The molecule has 1 aliphatic rings. The van der Waals surface area contributed by atoms with Gasteiger partial charge in [0.15, 0.2) is 9.84 Å². The standard InChI is InChI=1S/C16H23ClN2O3S/c1-12(2)10-23(21,22)11-16(20)19-8-7-18-9-15(19)13-5-3-4-6-14(13)17/h3-6,12,15,18H,7-11H2,1-2H3. The van der Waals surface area contributed by atoms with E-state index >= 15 is 0 Å². The van der Waals surface area contributed by atoms with E-state index in [4.69, 9.17) is 11.6 Å². The van der Waals surface area contributed by atoms with Crippen molar-refractivity contribution < 1.29 is 13.2 Å². The quantitative estimate of drug-likeness (QED) is 0.872. The van der Waals surface area contributed by atoms with Crippen molar-refractivity contribution in [3.63, 3.8) is 0 Å². The van der Waals surface area contributed by atoms with Gasteiger partial charge in [0.05, 0.1) is 11.8 Å². The first-order valence-electron chi connectivity index (χ1n) is 7.75. The average molecular weight is 359 g/mol. The van der Waals surface area contributed by atoms with Gasteiger partial charge in [-0.2, -0.15) is 0 Å². The fourth-order valence-electron chi connectivity index (χ4n) is 2.86. The lowest BCUT2D eigenvalue weighted by Gasteiger charge is -2.37. The Morgan fingerprint density at radius 2 is 2.09 bits per heavy atom. The molecule has 7 heteroatoms. The number of benzene rings is 1. The first-order chi connectivity index (χ1) is 10.8. The molecule has 1 atom stereocenters. The Labute approximate surface area is 142 Å². The Kier molecular flexibility index (Phi) is 6.06. The van der Waals surface area contributed by atoms with E-state index < -0.39 is 15.6 Å². The molecule has 1 heterocycles. The minimum atomic E-state index is -3.39. The molecule has 5 nitrogen and oxygen atoms in total. The summed E-state index contributed by atoms with van der Waals surface area (Å²) in [5, 5.41) is 3.83. The summed E-state index contributed by atoms with van der Waals surface area (Å²) in [6, 6.07) is 7.13. The number of carbonyl (C=O) groups excluding carboxylic acids is 1. The zero-order chi connectivity index (χ0) is 17.0. The van der Waals surface area contributed by atoms with Crippen LogP contribution >= 0.6 is 11.6 Å². The van der Waals surface area contributed by atoms with Crippen LogP contribution in [0.4, 0.5) is 0 Å². The van der Waals surface area contributed by atoms with E-state index in [0.29, 0.717) is 24.7 Å². The second-order valence-corrected chi connectivity index (χ2v) is 8.79. The highest BCUT2D eigenvalue weighted by Crippen LogP contribution is 2.28. The minimum Gasteiger partial charge on any atom is -0.332 e. The monoisotopic (exact) mass is 358 g/mol. The Morgan fingerprint density at radius 1 is 1.39 bits per heavy atom. The molecule has 1 fully saturated rings. The van der Waals surface area contributed by atoms with Gasteiger partial charge in [-0.05, 0) is 17.5 Å². The van der Waals surface area contributed by atoms with Crippen LogP contribution in [0.1, 0.15) is 25.5 Å². The van der Waals surface area contributed by atoms with Gasteiger partial charge >= 0.3 is 0 Å². The number of amides is 1. The molecule has 0 radical (unpaired) electrons. The highest BCUT2D eigenvalue weighted by molar-refractivity contribution is 7.92. The van der Waals surface area contributed by atoms with Gasteiger partial charge in [-0.3, -0.25) is 4.79 Å². The third-order valence-corrected chi connectivity index (χ3v) is 5.96. The second kappa shape index (κ2) is 7.64. The van der Waals surface area contributed by atoms with Crippen molar-refractivity contribution in [2.24, 2.45) is 5.92 Å². The molecule has 1 N–H and O–H groups in total. The van der Waals surface area contributed by atoms with Gasteiger partial charge in [0.1, 0.15) is 5.75 Å². The summed E-state index contributed by atoms with van der Waals surface area (Å²) in [5.74, 6) is -0.750. The molecule has 1 unspecified atom stereocenters. The molecule has 1 aliphatic heterocycles. The normalized spacial score (nSPS) is 19.1. The van der Waals surface area contributed by atoms with Gasteiger partial charge in [0.2, 0.25) is 5.91 Å². The van der Waals surface area contributed by atoms with Crippen molar-refractivity contribution in [1.29, 1.82) is 0 Å². The smallest absolute Gasteiger partial charge is 0.238 e. The maximum atomic E-state index is 12.6. The summed E-state index contributed by atoms with van der Waals surface area (Å²) in [7, 11) is -3.39.